The Labute approximate surface area is 204 Å². The smallest absolute Gasteiger partial charge is 0.267 e. The van der Waals surface area contributed by atoms with Crippen molar-refractivity contribution in [2.75, 3.05) is 34.4 Å². The SMILES string of the molecule is COc1ccc(-c2ccc(=O)n(Cc3cccc(-c4ncc(OCCCN(C)C)cn4)c3)n2)cc1. The van der Waals surface area contributed by atoms with E-state index in [4.69, 9.17) is 9.47 Å². The molecule has 0 atom stereocenters. The highest BCUT2D eigenvalue weighted by molar-refractivity contribution is 5.59. The average molecular weight is 472 g/mol. The van der Waals surface area contributed by atoms with Gasteiger partial charge in [-0.3, -0.25) is 4.79 Å². The van der Waals surface area contributed by atoms with Crippen LogP contribution in [0.2, 0.25) is 0 Å². The number of hydrogen-bond acceptors (Lipinski definition) is 7. The van der Waals surface area contributed by atoms with Crippen LogP contribution in [-0.4, -0.2) is 59.0 Å². The van der Waals surface area contributed by atoms with Gasteiger partial charge in [-0.2, -0.15) is 5.10 Å². The zero-order valence-electron chi connectivity index (χ0n) is 20.2. The summed E-state index contributed by atoms with van der Waals surface area (Å²) >= 11 is 0. The van der Waals surface area contributed by atoms with Gasteiger partial charge in [-0.05, 0) is 62.5 Å². The molecule has 0 aliphatic rings. The first kappa shape index (κ1) is 24.1. The van der Waals surface area contributed by atoms with Gasteiger partial charge in [-0.1, -0.05) is 18.2 Å². The summed E-state index contributed by atoms with van der Waals surface area (Å²) in [4.78, 5) is 23.5. The molecule has 0 saturated heterocycles. The maximum absolute atomic E-state index is 12.5. The molecule has 180 valence electrons. The fourth-order valence-corrected chi connectivity index (χ4v) is 3.57. The van der Waals surface area contributed by atoms with Crippen molar-refractivity contribution in [1.82, 2.24) is 24.6 Å². The van der Waals surface area contributed by atoms with Crippen molar-refractivity contribution >= 4 is 0 Å². The van der Waals surface area contributed by atoms with Crippen molar-refractivity contribution in [3.05, 3.63) is 89.0 Å². The van der Waals surface area contributed by atoms with E-state index < -0.39 is 0 Å². The lowest BCUT2D eigenvalue weighted by atomic mass is 10.1. The predicted molar refractivity (Wildman–Crippen MR) is 136 cm³/mol. The van der Waals surface area contributed by atoms with Crippen molar-refractivity contribution in [3.63, 3.8) is 0 Å². The van der Waals surface area contributed by atoms with Gasteiger partial charge in [0.05, 0.1) is 38.3 Å². The maximum atomic E-state index is 12.5. The van der Waals surface area contributed by atoms with Gasteiger partial charge < -0.3 is 14.4 Å². The number of methoxy groups -OCH3 is 1. The van der Waals surface area contributed by atoms with Crippen LogP contribution >= 0.6 is 0 Å². The van der Waals surface area contributed by atoms with E-state index in [0.717, 1.165) is 35.4 Å². The normalized spacial score (nSPS) is 11.0. The number of ether oxygens (including phenoxy) is 2. The van der Waals surface area contributed by atoms with Crippen LogP contribution in [0.25, 0.3) is 22.6 Å². The van der Waals surface area contributed by atoms with Crippen LogP contribution < -0.4 is 15.0 Å². The summed E-state index contributed by atoms with van der Waals surface area (Å²) in [5, 5.41) is 4.57. The topological polar surface area (TPSA) is 82.4 Å². The predicted octanol–water partition coefficient (Wildman–Crippen LogP) is 3.75. The molecule has 2 heterocycles. The fourth-order valence-electron chi connectivity index (χ4n) is 3.57. The average Bonchev–Trinajstić information content (AvgIpc) is 2.88. The van der Waals surface area contributed by atoms with Gasteiger partial charge in [-0.25, -0.2) is 14.6 Å². The molecule has 0 radical (unpaired) electrons. The van der Waals surface area contributed by atoms with E-state index >= 15 is 0 Å². The largest absolute Gasteiger partial charge is 0.497 e. The van der Waals surface area contributed by atoms with Crippen molar-refractivity contribution in [2.24, 2.45) is 0 Å². The highest BCUT2D eigenvalue weighted by atomic mass is 16.5. The molecule has 2 aromatic heterocycles. The Kier molecular flexibility index (Phi) is 7.84. The molecule has 0 saturated carbocycles. The lowest BCUT2D eigenvalue weighted by Crippen LogP contribution is -2.22. The molecule has 0 unspecified atom stereocenters. The van der Waals surface area contributed by atoms with Gasteiger partial charge in [0.2, 0.25) is 0 Å². The Bertz CT molecular complexity index is 1300. The molecular weight excluding hydrogens is 442 g/mol. The maximum Gasteiger partial charge on any atom is 0.267 e. The minimum atomic E-state index is -0.167. The fraction of sp³-hybridized carbons (Fsp3) is 0.259. The summed E-state index contributed by atoms with van der Waals surface area (Å²) in [5.74, 6) is 2.01. The second-order valence-corrected chi connectivity index (χ2v) is 8.39. The number of nitrogens with zero attached hydrogens (tertiary/aromatic N) is 5. The van der Waals surface area contributed by atoms with E-state index in [2.05, 4.69) is 20.0 Å². The Balaban J connectivity index is 1.47. The molecule has 0 fully saturated rings. The minimum Gasteiger partial charge on any atom is -0.497 e. The van der Waals surface area contributed by atoms with E-state index in [-0.39, 0.29) is 5.56 Å². The van der Waals surface area contributed by atoms with Crippen LogP contribution in [-0.2, 0) is 6.54 Å². The molecule has 0 spiro atoms. The van der Waals surface area contributed by atoms with Crippen molar-refractivity contribution in [2.45, 2.75) is 13.0 Å². The number of aromatic nitrogens is 4. The summed E-state index contributed by atoms with van der Waals surface area (Å²) in [7, 11) is 5.70. The van der Waals surface area contributed by atoms with Crippen LogP contribution in [0.15, 0.2) is 77.9 Å². The lowest BCUT2D eigenvalue weighted by molar-refractivity contribution is 0.280. The minimum absolute atomic E-state index is 0.167. The van der Waals surface area contributed by atoms with Crippen molar-refractivity contribution in [3.8, 4) is 34.1 Å². The third-order valence-corrected chi connectivity index (χ3v) is 5.42. The van der Waals surface area contributed by atoms with Crippen LogP contribution in [0.1, 0.15) is 12.0 Å². The Morgan fingerprint density at radius 1 is 0.914 bits per heavy atom. The molecule has 2 aromatic carbocycles. The summed E-state index contributed by atoms with van der Waals surface area (Å²) in [6.45, 7) is 1.92. The number of hydrogen-bond donors (Lipinski definition) is 0. The molecule has 0 aliphatic heterocycles. The summed E-state index contributed by atoms with van der Waals surface area (Å²) < 4.78 is 12.4. The molecule has 0 bridgehead atoms. The van der Waals surface area contributed by atoms with Gasteiger partial charge in [0.15, 0.2) is 11.6 Å². The molecular formula is C27H29N5O3. The van der Waals surface area contributed by atoms with Crippen LogP contribution in [0.4, 0.5) is 0 Å². The van der Waals surface area contributed by atoms with Crippen LogP contribution in [0, 0.1) is 0 Å². The van der Waals surface area contributed by atoms with E-state index in [1.54, 1.807) is 25.6 Å². The molecule has 8 nitrogen and oxygen atoms in total. The van der Waals surface area contributed by atoms with Gasteiger partial charge >= 0.3 is 0 Å². The highest BCUT2D eigenvalue weighted by Crippen LogP contribution is 2.21. The molecule has 0 aliphatic carbocycles. The van der Waals surface area contributed by atoms with E-state index in [1.165, 1.54) is 10.7 Å². The van der Waals surface area contributed by atoms with Crippen molar-refractivity contribution < 1.29 is 9.47 Å². The van der Waals surface area contributed by atoms with E-state index in [1.807, 2.05) is 62.6 Å². The summed E-state index contributed by atoms with van der Waals surface area (Å²) in [6.07, 6.45) is 4.31. The zero-order chi connectivity index (χ0) is 24.6. The molecule has 8 heteroatoms. The molecule has 35 heavy (non-hydrogen) atoms. The van der Waals surface area contributed by atoms with Gasteiger partial charge in [0.1, 0.15) is 5.75 Å². The van der Waals surface area contributed by atoms with Crippen molar-refractivity contribution in [1.29, 1.82) is 0 Å². The standard InChI is InChI=1S/C27H29N5O3/c1-31(2)14-5-15-35-24-17-28-27(29-18-24)22-7-4-6-20(16-22)19-32-26(33)13-12-25(30-32)21-8-10-23(34-3)11-9-21/h4,6-13,16-18H,5,14-15,19H2,1-3H3. The second kappa shape index (κ2) is 11.4. The summed E-state index contributed by atoms with van der Waals surface area (Å²) in [6, 6.07) is 18.7. The highest BCUT2D eigenvalue weighted by Gasteiger charge is 2.08. The third-order valence-electron chi connectivity index (χ3n) is 5.42. The first-order chi connectivity index (χ1) is 17.0. The molecule has 0 N–H and O–H groups in total. The Hall–Kier alpha value is -4.04. The van der Waals surface area contributed by atoms with Gasteiger partial charge in [0, 0.05) is 23.7 Å². The van der Waals surface area contributed by atoms with Gasteiger partial charge in [-0.15, -0.1) is 0 Å². The zero-order valence-corrected chi connectivity index (χ0v) is 20.2. The van der Waals surface area contributed by atoms with E-state index in [0.29, 0.717) is 30.4 Å². The van der Waals surface area contributed by atoms with Crippen LogP contribution in [0.3, 0.4) is 0 Å². The Morgan fingerprint density at radius 2 is 1.69 bits per heavy atom. The monoisotopic (exact) mass is 471 g/mol. The molecule has 0 amide bonds. The van der Waals surface area contributed by atoms with E-state index in [9.17, 15) is 4.79 Å². The second-order valence-electron chi connectivity index (χ2n) is 8.39. The quantitative estimate of drug-likeness (QED) is 0.326. The Morgan fingerprint density at radius 3 is 2.40 bits per heavy atom. The number of benzene rings is 2. The molecule has 4 rings (SSSR count). The third kappa shape index (κ3) is 6.51. The lowest BCUT2D eigenvalue weighted by Gasteiger charge is -2.10. The first-order valence-corrected chi connectivity index (χ1v) is 11.4. The molecule has 4 aromatic rings. The number of rotatable bonds is 10. The first-order valence-electron chi connectivity index (χ1n) is 11.4. The van der Waals surface area contributed by atoms with Crippen LogP contribution in [0.5, 0.6) is 11.5 Å². The van der Waals surface area contributed by atoms with Gasteiger partial charge in [0.25, 0.3) is 5.56 Å². The summed E-state index contributed by atoms with van der Waals surface area (Å²) in [5.41, 5.74) is 3.25.